The zero-order valence-corrected chi connectivity index (χ0v) is 11.3. The third kappa shape index (κ3) is 2.19. The predicted octanol–water partition coefficient (Wildman–Crippen LogP) is 1.84. The number of hydrogen-bond donors (Lipinski definition) is 2. The van der Waals surface area contributed by atoms with Crippen molar-refractivity contribution in [3.63, 3.8) is 0 Å². The summed E-state index contributed by atoms with van der Waals surface area (Å²) < 4.78 is 0. The van der Waals surface area contributed by atoms with Crippen molar-refractivity contribution in [2.45, 2.75) is 32.2 Å². The molecule has 0 radical (unpaired) electrons. The summed E-state index contributed by atoms with van der Waals surface area (Å²) in [7, 11) is 0. The molecule has 0 saturated heterocycles. The summed E-state index contributed by atoms with van der Waals surface area (Å²) in [6.07, 6.45) is 3.30. The number of rotatable bonds is 2. The molecule has 0 spiro atoms. The zero-order chi connectivity index (χ0) is 14.1. The van der Waals surface area contributed by atoms with E-state index in [1.807, 2.05) is 0 Å². The Labute approximate surface area is 116 Å². The number of amides is 1. The van der Waals surface area contributed by atoms with Crippen LogP contribution in [0.1, 0.15) is 36.7 Å². The van der Waals surface area contributed by atoms with E-state index in [4.69, 9.17) is 0 Å². The summed E-state index contributed by atoms with van der Waals surface area (Å²) >= 11 is 0. The molecule has 3 rings (SSSR count). The first-order chi connectivity index (χ1) is 9.66. The number of carbonyl (C=O) groups excluding carboxylic acids is 1. The van der Waals surface area contributed by atoms with Crippen molar-refractivity contribution in [2.24, 2.45) is 5.92 Å². The van der Waals surface area contributed by atoms with Gasteiger partial charge in [-0.15, -0.1) is 0 Å². The average Bonchev–Trinajstić information content (AvgIpc) is 2.85. The molecule has 2 atom stereocenters. The van der Waals surface area contributed by atoms with Gasteiger partial charge in [0, 0.05) is 11.4 Å². The van der Waals surface area contributed by atoms with Crippen molar-refractivity contribution in [3.05, 3.63) is 40.3 Å². The van der Waals surface area contributed by atoms with Gasteiger partial charge < -0.3 is 5.32 Å². The van der Waals surface area contributed by atoms with Crippen LogP contribution in [-0.4, -0.2) is 22.1 Å². The van der Waals surface area contributed by atoms with Crippen LogP contribution in [0.3, 0.4) is 0 Å². The smallest absolute Gasteiger partial charge is 0.272 e. The lowest BCUT2D eigenvalue weighted by molar-refractivity contribution is 0.0925. The lowest BCUT2D eigenvalue weighted by Gasteiger charge is -2.17. The molecule has 2 aromatic rings. The Hall–Kier alpha value is -2.17. The Balaban J connectivity index is 1.96. The summed E-state index contributed by atoms with van der Waals surface area (Å²) in [6.45, 7) is 2.15. The van der Waals surface area contributed by atoms with Crippen LogP contribution in [0.25, 0.3) is 10.8 Å². The number of aromatic amines is 1. The van der Waals surface area contributed by atoms with E-state index in [1.165, 1.54) is 0 Å². The number of hydrogen-bond acceptors (Lipinski definition) is 3. The molecule has 5 heteroatoms. The third-order valence-electron chi connectivity index (χ3n) is 4.09. The highest BCUT2D eigenvalue weighted by molar-refractivity contribution is 6.04. The van der Waals surface area contributed by atoms with Crippen molar-refractivity contribution in [1.82, 2.24) is 15.5 Å². The Morgan fingerprint density at radius 2 is 2.05 bits per heavy atom. The van der Waals surface area contributed by atoms with E-state index < -0.39 is 0 Å². The minimum atomic E-state index is -0.272. The van der Waals surface area contributed by atoms with Gasteiger partial charge in [0.25, 0.3) is 11.5 Å². The van der Waals surface area contributed by atoms with E-state index in [0.29, 0.717) is 22.4 Å². The summed E-state index contributed by atoms with van der Waals surface area (Å²) in [5.41, 5.74) is 0.0192. The number of benzene rings is 1. The second-order valence-corrected chi connectivity index (χ2v) is 5.44. The molecule has 1 saturated carbocycles. The summed E-state index contributed by atoms with van der Waals surface area (Å²) in [4.78, 5) is 24.1. The zero-order valence-electron chi connectivity index (χ0n) is 11.3. The first kappa shape index (κ1) is 12.8. The summed E-state index contributed by atoms with van der Waals surface area (Å²) in [5, 5.41) is 10.4. The number of nitrogens with one attached hydrogen (secondary N) is 2. The Bertz CT molecular complexity index is 708. The molecule has 0 bridgehead atoms. The van der Waals surface area contributed by atoms with Crippen LogP contribution >= 0.6 is 0 Å². The number of H-pyrrole nitrogens is 1. The second kappa shape index (κ2) is 5.07. The van der Waals surface area contributed by atoms with Gasteiger partial charge in [-0.25, -0.2) is 5.10 Å². The van der Waals surface area contributed by atoms with Crippen LogP contribution in [0.5, 0.6) is 0 Å². The van der Waals surface area contributed by atoms with Gasteiger partial charge in [0.05, 0.1) is 5.39 Å². The third-order valence-corrected chi connectivity index (χ3v) is 4.09. The molecule has 1 heterocycles. The topological polar surface area (TPSA) is 74.8 Å². The van der Waals surface area contributed by atoms with Gasteiger partial charge in [-0.3, -0.25) is 9.59 Å². The maximum atomic E-state index is 12.4. The number of carbonyl (C=O) groups is 1. The van der Waals surface area contributed by atoms with Crippen LogP contribution in [0.4, 0.5) is 0 Å². The standard InChI is InChI=1S/C15H17N3O2/c1-9-5-4-8-12(9)16-15(20)13-10-6-2-3-7-11(10)14(19)18-17-13/h2-3,6-7,9,12H,4-5,8H2,1H3,(H,16,20)(H,18,19)/t9-,12-/m1/s1. The summed E-state index contributed by atoms with van der Waals surface area (Å²) in [5.74, 6) is 0.282. The largest absolute Gasteiger partial charge is 0.348 e. The molecule has 1 amide bonds. The van der Waals surface area contributed by atoms with Crippen molar-refractivity contribution in [3.8, 4) is 0 Å². The van der Waals surface area contributed by atoms with Gasteiger partial charge in [-0.1, -0.05) is 31.5 Å². The molecule has 104 valence electrons. The van der Waals surface area contributed by atoms with Gasteiger partial charge in [0.1, 0.15) is 0 Å². The van der Waals surface area contributed by atoms with Crippen LogP contribution in [0.2, 0.25) is 0 Å². The maximum absolute atomic E-state index is 12.4. The first-order valence-corrected chi connectivity index (χ1v) is 6.95. The molecule has 0 aliphatic heterocycles. The molecule has 1 fully saturated rings. The van der Waals surface area contributed by atoms with E-state index in [-0.39, 0.29) is 17.5 Å². The van der Waals surface area contributed by atoms with Gasteiger partial charge >= 0.3 is 0 Å². The van der Waals surface area contributed by atoms with Crippen LogP contribution in [-0.2, 0) is 0 Å². The fraction of sp³-hybridized carbons (Fsp3) is 0.400. The fourth-order valence-corrected chi connectivity index (χ4v) is 2.88. The highest BCUT2D eigenvalue weighted by atomic mass is 16.2. The number of fused-ring (bicyclic) bond motifs is 1. The van der Waals surface area contributed by atoms with E-state index in [2.05, 4.69) is 22.4 Å². The molecule has 2 N–H and O–H groups in total. The first-order valence-electron chi connectivity index (χ1n) is 6.95. The monoisotopic (exact) mass is 271 g/mol. The Morgan fingerprint density at radius 3 is 2.75 bits per heavy atom. The fourth-order valence-electron chi connectivity index (χ4n) is 2.88. The van der Waals surface area contributed by atoms with Crippen LogP contribution < -0.4 is 10.9 Å². The Morgan fingerprint density at radius 1 is 1.30 bits per heavy atom. The van der Waals surface area contributed by atoms with E-state index in [9.17, 15) is 9.59 Å². The highest BCUT2D eigenvalue weighted by Gasteiger charge is 2.26. The van der Waals surface area contributed by atoms with Crippen LogP contribution in [0, 0.1) is 5.92 Å². The molecule has 1 aromatic heterocycles. The minimum Gasteiger partial charge on any atom is -0.348 e. The lowest BCUT2D eigenvalue weighted by Crippen LogP contribution is -2.37. The quantitative estimate of drug-likeness (QED) is 0.875. The van der Waals surface area contributed by atoms with E-state index >= 15 is 0 Å². The van der Waals surface area contributed by atoms with Gasteiger partial charge in [-0.05, 0) is 24.8 Å². The maximum Gasteiger partial charge on any atom is 0.272 e. The second-order valence-electron chi connectivity index (χ2n) is 5.44. The van der Waals surface area contributed by atoms with Gasteiger partial charge in [0.15, 0.2) is 5.69 Å². The number of nitrogens with zero attached hydrogens (tertiary/aromatic N) is 1. The predicted molar refractivity (Wildman–Crippen MR) is 76.6 cm³/mol. The van der Waals surface area contributed by atoms with Crippen molar-refractivity contribution < 1.29 is 4.79 Å². The molecule has 0 unspecified atom stereocenters. The van der Waals surface area contributed by atoms with E-state index in [0.717, 1.165) is 19.3 Å². The van der Waals surface area contributed by atoms with Crippen molar-refractivity contribution in [2.75, 3.05) is 0 Å². The van der Waals surface area contributed by atoms with E-state index in [1.54, 1.807) is 24.3 Å². The average molecular weight is 271 g/mol. The highest BCUT2D eigenvalue weighted by Crippen LogP contribution is 2.25. The number of aromatic nitrogens is 2. The molecule has 1 aromatic carbocycles. The van der Waals surface area contributed by atoms with Crippen LogP contribution in [0.15, 0.2) is 29.1 Å². The van der Waals surface area contributed by atoms with Gasteiger partial charge in [0.2, 0.25) is 0 Å². The molecule has 1 aliphatic carbocycles. The molecular formula is C15H17N3O2. The minimum absolute atomic E-state index is 0.204. The lowest BCUT2D eigenvalue weighted by atomic mass is 10.1. The molecule has 5 nitrogen and oxygen atoms in total. The molecular weight excluding hydrogens is 254 g/mol. The van der Waals surface area contributed by atoms with Crippen molar-refractivity contribution in [1.29, 1.82) is 0 Å². The molecule has 1 aliphatic rings. The Kier molecular flexibility index (Phi) is 3.26. The SMILES string of the molecule is C[C@@H]1CCC[C@H]1NC(=O)c1n[nH]c(=O)c2ccccc12. The normalized spacial score (nSPS) is 22.1. The molecule has 20 heavy (non-hydrogen) atoms. The summed E-state index contributed by atoms with van der Waals surface area (Å²) in [6, 6.07) is 7.24. The van der Waals surface area contributed by atoms with Crippen molar-refractivity contribution >= 4 is 16.7 Å². The van der Waals surface area contributed by atoms with Gasteiger partial charge in [-0.2, -0.15) is 5.10 Å².